The first-order valence-electron chi connectivity index (χ1n) is 8.37. The van der Waals surface area contributed by atoms with Gasteiger partial charge in [0.05, 0.1) is 14.2 Å². The molecule has 9 heteroatoms. The van der Waals surface area contributed by atoms with E-state index in [1.807, 2.05) is 0 Å². The van der Waals surface area contributed by atoms with Crippen molar-refractivity contribution in [2.45, 2.75) is 0 Å². The van der Waals surface area contributed by atoms with Gasteiger partial charge < -0.3 is 24.7 Å². The van der Waals surface area contributed by atoms with Crippen molar-refractivity contribution >= 4 is 35.5 Å². The van der Waals surface area contributed by atoms with Gasteiger partial charge in [-0.05, 0) is 42.0 Å². The number of carbonyl (C=O) groups excluding carboxylic acids is 2. The number of aliphatic imine (C=N–C) groups is 1. The molecule has 150 valence electrons. The van der Waals surface area contributed by atoms with Crippen LogP contribution in [0.1, 0.15) is 11.1 Å². The fourth-order valence-electron chi connectivity index (χ4n) is 2.58. The van der Waals surface area contributed by atoms with E-state index in [0.29, 0.717) is 27.6 Å². The zero-order valence-corrected chi connectivity index (χ0v) is 16.4. The lowest BCUT2D eigenvalue weighted by Gasteiger charge is -2.14. The van der Waals surface area contributed by atoms with Gasteiger partial charge in [-0.2, -0.15) is 0 Å². The summed E-state index contributed by atoms with van der Waals surface area (Å²) >= 11 is 5.97. The largest absolute Gasteiger partial charge is 0.493 e. The third-order valence-electron chi connectivity index (χ3n) is 3.84. The third kappa shape index (κ3) is 4.67. The molecule has 0 aromatic heterocycles. The summed E-state index contributed by atoms with van der Waals surface area (Å²) in [5, 5.41) is 0.500. The standard InChI is InChI=1S/C20H17ClN2O6/c1-26-15-7-11(8-16(27-2)18(15)28-10-17(22)24)6-14-20(25)29-19(23-14)12-4-3-5-13(21)9-12/h3-9H,10H2,1-2H3,(H2,22,24)/b14-6-. The van der Waals surface area contributed by atoms with Gasteiger partial charge in [0.15, 0.2) is 23.8 Å². The first-order chi connectivity index (χ1) is 13.9. The molecular formula is C20H17ClN2O6. The lowest BCUT2D eigenvalue weighted by atomic mass is 10.1. The number of cyclic esters (lactones) is 1. The zero-order chi connectivity index (χ0) is 21.0. The van der Waals surface area contributed by atoms with E-state index in [0.717, 1.165) is 0 Å². The molecule has 0 radical (unpaired) electrons. The molecule has 0 bridgehead atoms. The van der Waals surface area contributed by atoms with Crippen LogP contribution in [0.15, 0.2) is 47.1 Å². The highest BCUT2D eigenvalue weighted by Gasteiger charge is 2.25. The number of esters is 1. The Morgan fingerprint density at radius 3 is 2.48 bits per heavy atom. The minimum Gasteiger partial charge on any atom is -0.493 e. The monoisotopic (exact) mass is 416 g/mol. The molecular weight excluding hydrogens is 400 g/mol. The van der Waals surface area contributed by atoms with Crippen LogP contribution in [-0.4, -0.2) is 38.6 Å². The second-order valence-electron chi connectivity index (χ2n) is 5.86. The Labute approximate surface area is 171 Å². The fraction of sp³-hybridized carbons (Fsp3) is 0.150. The van der Waals surface area contributed by atoms with Gasteiger partial charge in [0.1, 0.15) is 0 Å². The highest BCUT2D eigenvalue weighted by molar-refractivity contribution is 6.31. The molecule has 0 unspecified atom stereocenters. The molecule has 29 heavy (non-hydrogen) atoms. The Bertz CT molecular complexity index is 1010. The average molecular weight is 417 g/mol. The SMILES string of the molecule is COc1cc(/C=C2\N=C(c3cccc(Cl)c3)OC2=O)cc(OC)c1OCC(N)=O. The Hall–Kier alpha value is -3.52. The highest BCUT2D eigenvalue weighted by atomic mass is 35.5. The van der Waals surface area contributed by atoms with Crippen molar-refractivity contribution in [3.05, 3.63) is 58.2 Å². The van der Waals surface area contributed by atoms with E-state index in [4.69, 9.17) is 36.3 Å². The number of rotatable bonds is 7. The number of halogens is 1. The normalized spacial score (nSPS) is 14.4. The van der Waals surface area contributed by atoms with Crippen LogP contribution >= 0.6 is 11.6 Å². The molecule has 2 aromatic carbocycles. The van der Waals surface area contributed by atoms with E-state index in [9.17, 15) is 9.59 Å². The molecule has 0 saturated carbocycles. The molecule has 0 aliphatic carbocycles. The predicted octanol–water partition coefficient (Wildman–Crippen LogP) is 2.57. The highest BCUT2D eigenvalue weighted by Crippen LogP contribution is 2.39. The lowest BCUT2D eigenvalue weighted by molar-refractivity contribution is -0.130. The van der Waals surface area contributed by atoms with E-state index in [1.54, 1.807) is 36.4 Å². The number of methoxy groups -OCH3 is 2. The first kappa shape index (κ1) is 20.2. The summed E-state index contributed by atoms with van der Waals surface area (Å²) in [7, 11) is 2.87. The van der Waals surface area contributed by atoms with Crippen molar-refractivity contribution in [2.75, 3.05) is 20.8 Å². The molecule has 1 aliphatic rings. The average Bonchev–Trinajstić information content (AvgIpc) is 3.06. The molecule has 2 N–H and O–H groups in total. The van der Waals surface area contributed by atoms with E-state index in [1.165, 1.54) is 20.3 Å². The Balaban J connectivity index is 1.96. The fourth-order valence-corrected chi connectivity index (χ4v) is 2.77. The molecule has 0 atom stereocenters. The van der Waals surface area contributed by atoms with Crippen LogP contribution in [0, 0.1) is 0 Å². The number of carbonyl (C=O) groups is 2. The number of benzene rings is 2. The van der Waals surface area contributed by atoms with E-state index in [2.05, 4.69) is 4.99 Å². The summed E-state index contributed by atoms with van der Waals surface area (Å²) in [5.41, 5.74) is 6.34. The van der Waals surface area contributed by atoms with Gasteiger partial charge in [-0.3, -0.25) is 4.79 Å². The maximum absolute atomic E-state index is 12.2. The van der Waals surface area contributed by atoms with E-state index >= 15 is 0 Å². The van der Waals surface area contributed by atoms with Crippen LogP contribution in [0.4, 0.5) is 0 Å². The van der Waals surface area contributed by atoms with Crippen molar-refractivity contribution in [1.82, 2.24) is 0 Å². The van der Waals surface area contributed by atoms with Gasteiger partial charge in [0, 0.05) is 10.6 Å². The topological polar surface area (TPSA) is 109 Å². The van der Waals surface area contributed by atoms with Crippen LogP contribution in [0.2, 0.25) is 5.02 Å². The van der Waals surface area contributed by atoms with E-state index in [-0.39, 0.29) is 24.0 Å². The summed E-state index contributed by atoms with van der Waals surface area (Å²) in [5.74, 6) is -0.285. The molecule has 1 amide bonds. The molecule has 3 rings (SSSR count). The summed E-state index contributed by atoms with van der Waals surface area (Å²) in [6.45, 7) is -0.341. The first-order valence-corrected chi connectivity index (χ1v) is 8.74. The third-order valence-corrected chi connectivity index (χ3v) is 4.07. The number of nitrogens with zero attached hydrogens (tertiary/aromatic N) is 1. The van der Waals surface area contributed by atoms with Crippen LogP contribution in [0.3, 0.4) is 0 Å². The van der Waals surface area contributed by atoms with Crippen molar-refractivity contribution in [1.29, 1.82) is 0 Å². The molecule has 2 aromatic rings. The number of ether oxygens (including phenoxy) is 4. The van der Waals surface area contributed by atoms with Crippen LogP contribution in [0.5, 0.6) is 17.2 Å². The number of amides is 1. The summed E-state index contributed by atoms with van der Waals surface area (Å²) in [4.78, 5) is 27.5. The minimum atomic E-state index is -0.642. The Kier molecular flexibility index (Phi) is 6.04. The van der Waals surface area contributed by atoms with Gasteiger partial charge in [-0.15, -0.1) is 0 Å². The van der Waals surface area contributed by atoms with Crippen LogP contribution < -0.4 is 19.9 Å². The van der Waals surface area contributed by atoms with Gasteiger partial charge >= 0.3 is 5.97 Å². The van der Waals surface area contributed by atoms with Gasteiger partial charge in [-0.1, -0.05) is 17.7 Å². The maximum atomic E-state index is 12.2. The van der Waals surface area contributed by atoms with Crippen LogP contribution in [0.25, 0.3) is 6.08 Å². The smallest absolute Gasteiger partial charge is 0.363 e. The van der Waals surface area contributed by atoms with Crippen molar-refractivity contribution in [3.8, 4) is 17.2 Å². The molecule has 0 saturated heterocycles. The molecule has 1 aliphatic heterocycles. The van der Waals surface area contributed by atoms with Gasteiger partial charge in [0.2, 0.25) is 11.6 Å². The van der Waals surface area contributed by atoms with Crippen molar-refractivity contribution < 1.29 is 28.5 Å². The molecule has 8 nitrogen and oxygen atoms in total. The number of hydrogen-bond acceptors (Lipinski definition) is 7. The number of hydrogen-bond donors (Lipinski definition) is 1. The van der Waals surface area contributed by atoms with Crippen LogP contribution in [-0.2, 0) is 14.3 Å². The molecule has 0 fully saturated rings. The maximum Gasteiger partial charge on any atom is 0.363 e. The molecule has 1 heterocycles. The Morgan fingerprint density at radius 2 is 1.90 bits per heavy atom. The number of primary amides is 1. The minimum absolute atomic E-state index is 0.0925. The zero-order valence-electron chi connectivity index (χ0n) is 15.6. The van der Waals surface area contributed by atoms with E-state index < -0.39 is 11.9 Å². The number of nitrogens with two attached hydrogens (primary N) is 1. The summed E-state index contributed by atoms with van der Waals surface area (Å²) in [6.07, 6.45) is 1.52. The van der Waals surface area contributed by atoms with Crippen molar-refractivity contribution in [2.24, 2.45) is 10.7 Å². The van der Waals surface area contributed by atoms with Crippen molar-refractivity contribution in [3.63, 3.8) is 0 Å². The van der Waals surface area contributed by atoms with Gasteiger partial charge in [-0.25, -0.2) is 9.79 Å². The molecule has 0 spiro atoms. The Morgan fingerprint density at radius 1 is 1.21 bits per heavy atom. The predicted molar refractivity (Wildman–Crippen MR) is 106 cm³/mol. The second kappa shape index (κ2) is 8.66. The quantitative estimate of drug-likeness (QED) is 0.548. The second-order valence-corrected chi connectivity index (χ2v) is 6.29. The summed E-state index contributed by atoms with van der Waals surface area (Å²) in [6, 6.07) is 10.0. The lowest BCUT2D eigenvalue weighted by Crippen LogP contribution is -2.20. The van der Waals surface area contributed by atoms with Gasteiger partial charge in [0.25, 0.3) is 5.91 Å². The summed E-state index contributed by atoms with van der Waals surface area (Å²) < 4.78 is 21.2.